The van der Waals surface area contributed by atoms with Crippen LogP contribution < -0.4 is 10.6 Å². The fraction of sp³-hybridized carbons (Fsp3) is 0.474. The summed E-state index contributed by atoms with van der Waals surface area (Å²) < 4.78 is 4.90. The highest BCUT2D eigenvalue weighted by molar-refractivity contribution is 6.10. The van der Waals surface area contributed by atoms with Crippen molar-refractivity contribution in [3.8, 4) is 0 Å². The molecule has 0 unspecified atom stereocenters. The van der Waals surface area contributed by atoms with Gasteiger partial charge in [-0.3, -0.25) is 14.5 Å². The van der Waals surface area contributed by atoms with Crippen molar-refractivity contribution in [2.45, 2.75) is 44.6 Å². The van der Waals surface area contributed by atoms with Gasteiger partial charge in [0.1, 0.15) is 12.1 Å². The van der Waals surface area contributed by atoms with Crippen LogP contribution in [0.4, 0.5) is 10.5 Å². The number of imide groups is 1. The van der Waals surface area contributed by atoms with E-state index in [0.717, 1.165) is 24.2 Å². The zero-order valence-corrected chi connectivity index (χ0v) is 15.2. The van der Waals surface area contributed by atoms with E-state index in [4.69, 9.17) is 4.74 Å². The fourth-order valence-electron chi connectivity index (χ4n) is 3.56. The topological polar surface area (TPSA) is 105 Å². The second kappa shape index (κ2) is 7.77. The van der Waals surface area contributed by atoms with Crippen molar-refractivity contribution < 1.29 is 23.9 Å². The Kier molecular flexibility index (Phi) is 5.43. The molecule has 1 aliphatic heterocycles. The number of esters is 1. The number of hydrogen-bond acceptors (Lipinski definition) is 5. The summed E-state index contributed by atoms with van der Waals surface area (Å²) in [5.74, 6) is -1.23. The zero-order chi connectivity index (χ0) is 19.4. The van der Waals surface area contributed by atoms with Gasteiger partial charge in [0.15, 0.2) is 0 Å². The van der Waals surface area contributed by atoms with Crippen LogP contribution in [0.25, 0.3) is 0 Å². The molecule has 3 rings (SSSR count). The Labute approximate surface area is 157 Å². The average molecular weight is 373 g/mol. The molecule has 0 aromatic heterocycles. The maximum absolute atomic E-state index is 12.7. The molecule has 1 saturated heterocycles. The molecule has 1 saturated carbocycles. The summed E-state index contributed by atoms with van der Waals surface area (Å²) in [5.41, 5.74) is 0.00681. The van der Waals surface area contributed by atoms with Gasteiger partial charge in [0.25, 0.3) is 5.91 Å². The van der Waals surface area contributed by atoms with Gasteiger partial charge in [-0.05, 0) is 44.0 Å². The maximum Gasteiger partial charge on any atom is 0.338 e. The van der Waals surface area contributed by atoms with Gasteiger partial charge >= 0.3 is 12.0 Å². The Balaban J connectivity index is 1.60. The summed E-state index contributed by atoms with van der Waals surface area (Å²) in [4.78, 5) is 49.7. The lowest BCUT2D eigenvalue weighted by Crippen LogP contribution is -2.48. The number of benzene rings is 1. The van der Waals surface area contributed by atoms with Crippen LogP contribution in [0.15, 0.2) is 24.3 Å². The maximum atomic E-state index is 12.7. The number of nitrogens with zero attached hydrogens (tertiary/aromatic N) is 1. The van der Waals surface area contributed by atoms with Crippen molar-refractivity contribution in [2.24, 2.45) is 0 Å². The molecule has 1 aromatic rings. The zero-order valence-electron chi connectivity index (χ0n) is 15.2. The van der Waals surface area contributed by atoms with Crippen molar-refractivity contribution in [1.29, 1.82) is 0 Å². The summed E-state index contributed by atoms with van der Waals surface area (Å²) in [6.45, 7) is 1.66. The van der Waals surface area contributed by atoms with Crippen LogP contribution in [0.1, 0.15) is 49.4 Å². The van der Waals surface area contributed by atoms with E-state index >= 15 is 0 Å². The third-order valence-corrected chi connectivity index (χ3v) is 4.93. The minimum Gasteiger partial charge on any atom is -0.462 e. The number of carbonyl (C=O) groups is 4. The van der Waals surface area contributed by atoms with Gasteiger partial charge in [0.2, 0.25) is 5.91 Å². The van der Waals surface area contributed by atoms with Crippen molar-refractivity contribution in [3.05, 3.63) is 29.8 Å². The number of ether oxygens (including phenoxy) is 1. The standard InChI is InChI=1S/C19H23N3O5/c1-2-27-16(24)13-6-8-14(9-7-13)20-15(23)12-22-17(25)19(21-18(22)26)10-4-3-5-11-19/h6-9H,2-5,10-12H2,1H3,(H,20,23)(H,21,26). The van der Waals surface area contributed by atoms with Crippen molar-refractivity contribution in [3.63, 3.8) is 0 Å². The van der Waals surface area contributed by atoms with Crippen LogP contribution in [0, 0.1) is 0 Å². The lowest BCUT2D eigenvalue weighted by Gasteiger charge is -2.30. The smallest absolute Gasteiger partial charge is 0.338 e. The molecule has 0 radical (unpaired) electrons. The summed E-state index contributed by atoms with van der Waals surface area (Å²) in [6, 6.07) is 5.70. The van der Waals surface area contributed by atoms with Crippen LogP contribution in [0.2, 0.25) is 0 Å². The molecule has 8 heteroatoms. The van der Waals surface area contributed by atoms with Crippen LogP contribution >= 0.6 is 0 Å². The Morgan fingerprint density at radius 3 is 2.44 bits per heavy atom. The number of carbonyl (C=O) groups excluding carboxylic acids is 4. The Morgan fingerprint density at radius 2 is 1.81 bits per heavy atom. The minimum atomic E-state index is -0.836. The van der Waals surface area contributed by atoms with Crippen LogP contribution in [-0.2, 0) is 14.3 Å². The molecule has 0 bridgehead atoms. The number of urea groups is 1. The second-order valence-corrected chi connectivity index (χ2v) is 6.81. The van der Waals surface area contributed by atoms with Crippen LogP contribution in [-0.4, -0.2) is 47.4 Å². The van der Waals surface area contributed by atoms with E-state index in [2.05, 4.69) is 10.6 Å². The van der Waals surface area contributed by atoms with Gasteiger partial charge in [-0.1, -0.05) is 19.3 Å². The molecule has 0 atom stereocenters. The summed E-state index contributed by atoms with van der Waals surface area (Å²) >= 11 is 0. The highest BCUT2D eigenvalue weighted by atomic mass is 16.5. The molecule has 2 fully saturated rings. The van der Waals surface area contributed by atoms with E-state index in [0.29, 0.717) is 24.1 Å². The molecule has 2 N–H and O–H groups in total. The molecule has 2 aliphatic rings. The van der Waals surface area contributed by atoms with Gasteiger partial charge in [-0.25, -0.2) is 9.59 Å². The second-order valence-electron chi connectivity index (χ2n) is 6.81. The fourth-order valence-corrected chi connectivity index (χ4v) is 3.56. The molecular weight excluding hydrogens is 350 g/mol. The SMILES string of the molecule is CCOC(=O)c1ccc(NC(=O)CN2C(=O)NC3(CCCCC3)C2=O)cc1. The van der Waals surface area contributed by atoms with E-state index in [1.54, 1.807) is 31.2 Å². The third kappa shape index (κ3) is 3.94. The van der Waals surface area contributed by atoms with Crippen molar-refractivity contribution >= 4 is 29.5 Å². The summed E-state index contributed by atoms with van der Waals surface area (Å²) in [6.07, 6.45) is 4.06. The minimum absolute atomic E-state index is 0.282. The molecule has 1 aliphatic carbocycles. The van der Waals surface area contributed by atoms with Gasteiger partial charge < -0.3 is 15.4 Å². The first-order valence-corrected chi connectivity index (χ1v) is 9.16. The predicted octanol–water partition coefficient (Wildman–Crippen LogP) is 2.06. The van der Waals surface area contributed by atoms with E-state index in [9.17, 15) is 19.2 Å². The summed E-state index contributed by atoms with van der Waals surface area (Å²) in [5, 5.41) is 5.41. The quantitative estimate of drug-likeness (QED) is 0.607. The number of anilines is 1. The van der Waals surface area contributed by atoms with E-state index in [1.165, 1.54) is 0 Å². The van der Waals surface area contributed by atoms with Gasteiger partial charge in [0, 0.05) is 5.69 Å². The van der Waals surface area contributed by atoms with Crippen molar-refractivity contribution in [2.75, 3.05) is 18.5 Å². The molecule has 1 spiro atoms. The largest absolute Gasteiger partial charge is 0.462 e. The molecule has 1 heterocycles. The highest BCUT2D eigenvalue weighted by Gasteiger charge is 2.51. The van der Waals surface area contributed by atoms with Gasteiger partial charge in [-0.2, -0.15) is 0 Å². The van der Waals surface area contributed by atoms with Gasteiger partial charge in [-0.15, -0.1) is 0 Å². The lowest BCUT2D eigenvalue weighted by molar-refractivity contribution is -0.134. The first-order chi connectivity index (χ1) is 12.9. The Bertz CT molecular complexity index is 753. The summed E-state index contributed by atoms with van der Waals surface area (Å²) in [7, 11) is 0. The van der Waals surface area contributed by atoms with E-state index in [-0.39, 0.29) is 19.1 Å². The molecule has 4 amide bonds. The third-order valence-electron chi connectivity index (χ3n) is 4.93. The van der Waals surface area contributed by atoms with Gasteiger partial charge in [0.05, 0.1) is 12.2 Å². The van der Waals surface area contributed by atoms with E-state index < -0.39 is 23.4 Å². The molecule has 8 nitrogen and oxygen atoms in total. The first-order valence-electron chi connectivity index (χ1n) is 9.16. The van der Waals surface area contributed by atoms with E-state index in [1.807, 2.05) is 0 Å². The lowest BCUT2D eigenvalue weighted by atomic mass is 9.82. The van der Waals surface area contributed by atoms with Crippen LogP contribution in [0.5, 0.6) is 0 Å². The number of hydrogen-bond donors (Lipinski definition) is 2. The molecule has 27 heavy (non-hydrogen) atoms. The monoisotopic (exact) mass is 373 g/mol. The molecule has 1 aromatic carbocycles. The average Bonchev–Trinajstić information content (AvgIpc) is 2.87. The highest BCUT2D eigenvalue weighted by Crippen LogP contribution is 2.33. The normalized spacial score (nSPS) is 18.3. The predicted molar refractivity (Wildman–Crippen MR) is 97.1 cm³/mol. The van der Waals surface area contributed by atoms with Crippen molar-refractivity contribution in [1.82, 2.24) is 10.2 Å². The number of amides is 4. The Hall–Kier alpha value is -2.90. The van der Waals surface area contributed by atoms with Crippen LogP contribution in [0.3, 0.4) is 0 Å². The Morgan fingerprint density at radius 1 is 1.15 bits per heavy atom. The first kappa shape index (κ1) is 18.9. The molecule has 144 valence electrons. The number of rotatable bonds is 5. The molecular formula is C19H23N3O5. The number of nitrogens with one attached hydrogen (secondary N) is 2.